The molecule has 3 aromatic carbocycles. The third-order valence-electron chi connectivity index (χ3n) is 6.37. The van der Waals surface area contributed by atoms with Crippen LogP contribution in [-0.2, 0) is 17.9 Å². The quantitative estimate of drug-likeness (QED) is 0.300. The molecule has 0 saturated heterocycles. The summed E-state index contributed by atoms with van der Waals surface area (Å²) >= 11 is 0. The van der Waals surface area contributed by atoms with Gasteiger partial charge in [0.25, 0.3) is 5.91 Å². The maximum absolute atomic E-state index is 13.2. The molecule has 2 N–H and O–H groups in total. The lowest BCUT2D eigenvalue weighted by atomic mass is 9.95. The summed E-state index contributed by atoms with van der Waals surface area (Å²) in [6.45, 7) is 6.02. The van der Waals surface area contributed by atoms with Gasteiger partial charge < -0.3 is 24.8 Å². The van der Waals surface area contributed by atoms with Gasteiger partial charge in [0.2, 0.25) is 0 Å². The number of hydrogen-bond donors (Lipinski definition) is 2. The van der Waals surface area contributed by atoms with Crippen molar-refractivity contribution in [3.05, 3.63) is 95.4 Å². The monoisotopic (exact) mass is 554 g/mol. The number of carbonyl (C=O) groups is 2. The SMILES string of the molecule is CC(C)(C)OC(=O)NCc1cccc(COc2cc(Oc3ccc(C#N)cc3)cc(C(=O)NC3CC[CH]CC3)c2)c1. The minimum Gasteiger partial charge on any atom is -0.489 e. The first kappa shape index (κ1) is 29.5. The fourth-order valence-electron chi connectivity index (χ4n) is 4.40. The van der Waals surface area contributed by atoms with E-state index in [1.165, 1.54) is 0 Å². The van der Waals surface area contributed by atoms with Crippen molar-refractivity contribution < 1.29 is 23.8 Å². The maximum Gasteiger partial charge on any atom is 0.407 e. The molecule has 0 unspecified atom stereocenters. The highest BCUT2D eigenvalue weighted by atomic mass is 16.6. The summed E-state index contributed by atoms with van der Waals surface area (Å²) in [5, 5.41) is 15.0. The largest absolute Gasteiger partial charge is 0.489 e. The van der Waals surface area contributed by atoms with Crippen molar-refractivity contribution in [2.24, 2.45) is 0 Å². The third kappa shape index (κ3) is 9.57. The predicted molar refractivity (Wildman–Crippen MR) is 156 cm³/mol. The fraction of sp³-hybridized carbons (Fsp3) is 0.333. The number of ether oxygens (including phenoxy) is 3. The number of rotatable bonds is 9. The van der Waals surface area contributed by atoms with Crippen LogP contribution in [-0.4, -0.2) is 23.6 Å². The zero-order valence-electron chi connectivity index (χ0n) is 23.7. The Morgan fingerprint density at radius 3 is 2.34 bits per heavy atom. The van der Waals surface area contributed by atoms with E-state index in [0.717, 1.165) is 36.8 Å². The molecule has 1 aliphatic rings. The molecule has 0 bridgehead atoms. The molecule has 0 spiro atoms. The smallest absolute Gasteiger partial charge is 0.407 e. The molecule has 4 rings (SSSR count). The number of alkyl carbamates (subject to hydrolysis) is 1. The molecule has 0 aliphatic heterocycles. The first-order chi connectivity index (χ1) is 19.7. The highest BCUT2D eigenvalue weighted by Crippen LogP contribution is 2.29. The van der Waals surface area contributed by atoms with Crippen LogP contribution in [0.2, 0.25) is 0 Å². The Morgan fingerprint density at radius 1 is 0.927 bits per heavy atom. The highest BCUT2D eigenvalue weighted by molar-refractivity contribution is 5.95. The molecule has 1 radical (unpaired) electrons. The second kappa shape index (κ2) is 13.7. The van der Waals surface area contributed by atoms with Gasteiger partial charge in [0.1, 0.15) is 29.5 Å². The van der Waals surface area contributed by atoms with Crippen LogP contribution in [0.1, 0.15) is 73.5 Å². The highest BCUT2D eigenvalue weighted by Gasteiger charge is 2.19. The minimum absolute atomic E-state index is 0.136. The molecule has 8 heteroatoms. The lowest BCUT2D eigenvalue weighted by molar-refractivity contribution is 0.0523. The minimum atomic E-state index is -0.567. The number of nitrogens with one attached hydrogen (secondary N) is 2. The Balaban J connectivity index is 1.47. The Kier molecular flexibility index (Phi) is 9.86. The summed E-state index contributed by atoms with van der Waals surface area (Å²) in [5.41, 5.74) is 2.21. The van der Waals surface area contributed by atoms with Crippen LogP contribution in [0, 0.1) is 17.8 Å². The first-order valence-corrected chi connectivity index (χ1v) is 13.8. The number of benzene rings is 3. The molecule has 1 fully saturated rings. The van der Waals surface area contributed by atoms with E-state index in [-0.39, 0.29) is 18.6 Å². The van der Waals surface area contributed by atoms with Crippen LogP contribution in [0.3, 0.4) is 0 Å². The van der Waals surface area contributed by atoms with Gasteiger partial charge in [-0.15, -0.1) is 0 Å². The Hall–Kier alpha value is -4.51. The summed E-state index contributed by atoms with van der Waals surface area (Å²) in [4.78, 5) is 25.2. The van der Waals surface area contributed by atoms with E-state index >= 15 is 0 Å². The van der Waals surface area contributed by atoms with E-state index in [9.17, 15) is 9.59 Å². The van der Waals surface area contributed by atoms with Crippen LogP contribution in [0.15, 0.2) is 66.7 Å². The molecule has 0 heterocycles. The molecule has 8 nitrogen and oxygen atoms in total. The van der Waals surface area contributed by atoms with Gasteiger partial charge in [0, 0.05) is 24.2 Å². The van der Waals surface area contributed by atoms with Gasteiger partial charge in [0.15, 0.2) is 0 Å². The molecular weight excluding hydrogens is 518 g/mol. The summed E-state index contributed by atoms with van der Waals surface area (Å²) in [6.07, 6.45) is 5.62. The van der Waals surface area contributed by atoms with Crippen molar-refractivity contribution in [2.45, 2.75) is 71.2 Å². The number of nitriles is 1. The van der Waals surface area contributed by atoms with E-state index in [2.05, 4.69) is 23.1 Å². The number of carbonyl (C=O) groups excluding carboxylic acids is 2. The van der Waals surface area contributed by atoms with Crippen molar-refractivity contribution in [3.8, 4) is 23.3 Å². The van der Waals surface area contributed by atoms with E-state index in [1.54, 1.807) is 42.5 Å². The molecule has 213 valence electrons. The number of amides is 2. The zero-order chi connectivity index (χ0) is 29.2. The van der Waals surface area contributed by atoms with E-state index < -0.39 is 11.7 Å². The lowest BCUT2D eigenvalue weighted by Crippen LogP contribution is -2.36. The maximum atomic E-state index is 13.2. The van der Waals surface area contributed by atoms with Crippen LogP contribution < -0.4 is 20.1 Å². The van der Waals surface area contributed by atoms with Gasteiger partial charge >= 0.3 is 6.09 Å². The van der Waals surface area contributed by atoms with Crippen molar-refractivity contribution in [2.75, 3.05) is 0 Å². The Labute approximate surface area is 241 Å². The zero-order valence-corrected chi connectivity index (χ0v) is 23.7. The second-order valence-corrected chi connectivity index (χ2v) is 11.0. The van der Waals surface area contributed by atoms with Crippen molar-refractivity contribution >= 4 is 12.0 Å². The molecule has 0 atom stereocenters. The van der Waals surface area contributed by atoms with Crippen LogP contribution >= 0.6 is 0 Å². The fourth-order valence-corrected chi connectivity index (χ4v) is 4.40. The standard InChI is InChI=1S/C33H36N3O5/c1-33(2,3)41-32(38)35-21-24-8-7-9-25(16-24)22-39-29-17-26(31(37)36-27-10-5-4-6-11-27)18-30(19-29)40-28-14-12-23(20-34)13-15-28/h4,7-9,12-19,27H,5-6,10-11,21-22H2,1-3H3,(H,35,38)(H,36,37). The predicted octanol–water partition coefficient (Wildman–Crippen LogP) is 6.83. The molecule has 3 aromatic rings. The summed E-state index contributed by atoms with van der Waals surface area (Å²) < 4.78 is 17.5. The second-order valence-electron chi connectivity index (χ2n) is 11.0. The topological polar surface area (TPSA) is 110 Å². The van der Waals surface area contributed by atoms with Gasteiger partial charge in [-0.1, -0.05) is 24.3 Å². The summed E-state index contributed by atoms with van der Waals surface area (Å²) in [6, 6.07) is 21.8. The number of nitrogens with zero attached hydrogens (tertiary/aromatic N) is 1. The Morgan fingerprint density at radius 2 is 1.63 bits per heavy atom. The van der Waals surface area contributed by atoms with E-state index in [0.29, 0.717) is 34.9 Å². The van der Waals surface area contributed by atoms with Crippen molar-refractivity contribution in [1.29, 1.82) is 5.26 Å². The summed E-state index contributed by atoms with van der Waals surface area (Å²) in [5.74, 6) is 1.29. The lowest BCUT2D eigenvalue weighted by Gasteiger charge is -2.23. The molecule has 41 heavy (non-hydrogen) atoms. The van der Waals surface area contributed by atoms with Gasteiger partial charge in [-0.05, 0) is 100 Å². The molecular formula is C33H36N3O5. The Bertz CT molecular complexity index is 1380. The van der Waals surface area contributed by atoms with E-state index in [4.69, 9.17) is 19.5 Å². The average Bonchev–Trinajstić information content (AvgIpc) is 2.95. The molecule has 1 saturated carbocycles. The molecule has 0 aromatic heterocycles. The summed E-state index contributed by atoms with van der Waals surface area (Å²) in [7, 11) is 0. The van der Waals surface area contributed by atoms with Crippen molar-refractivity contribution in [1.82, 2.24) is 10.6 Å². The van der Waals surface area contributed by atoms with Gasteiger partial charge in [-0.3, -0.25) is 4.79 Å². The van der Waals surface area contributed by atoms with Gasteiger partial charge in [-0.25, -0.2) is 4.79 Å². The van der Waals surface area contributed by atoms with Crippen molar-refractivity contribution in [3.63, 3.8) is 0 Å². The average molecular weight is 555 g/mol. The molecule has 1 aliphatic carbocycles. The third-order valence-corrected chi connectivity index (χ3v) is 6.37. The van der Waals surface area contributed by atoms with E-state index in [1.807, 2.05) is 45.0 Å². The van der Waals surface area contributed by atoms with Crippen LogP contribution in [0.4, 0.5) is 4.79 Å². The van der Waals surface area contributed by atoms with Gasteiger partial charge in [-0.2, -0.15) is 5.26 Å². The van der Waals surface area contributed by atoms with Crippen LogP contribution in [0.25, 0.3) is 0 Å². The molecule has 2 amide bonds. The van der Waals surface area contributed by atoms with Gasteiger partial charge in [0.05, 0.1) is 11.6 Å². The van der Waals surface area contributed by atoms with Crippen LogP contribution in [0.5, 0.6) is 17.2 Å². The number of hydrogen-bond acceptors (Lipinski definition) is 6. The normalized spacial score (nSPS) is 13.5. The first-order valence-electron chi connectivity index (χ1n) is 13.8.